The van der Waals surface area contributed by atoms with E-state index < -0.39 is 0 Å². The SMILES string of the molecule is COc1ccc2c(c1)CCC1C2CC[C@]2(C)C(C(C)=O)CC12. The number of aryl methyl sites for hydroxylation is 1. The van der Waals surface area contributed by atoms with Gasteiger partial charge in [-0.25, -0.2) is 0 Å². The summed E-state index contributed by atoms with van der Waals surface area (Å²) in [6, 6.07) is 6.65. The number of carbonyl (C=O) groups excluding carboxylic acids is 1. The normalized spacial score (nSPS) is 39.0. The molecule has 0 heterocycles. The molecule has 5 atom stereocenters. The fourth-order valence-electron chi connectivity index (χ4n) is 5.90. The van der Waals surface area contributed by atoms with Gasteiger partial charge in [-0.1, -0.05) is 13.0 Å². The zero-order valence-corrected chi connectivity index (χ0v) is 13.9. The number of ether oxygens (including phenoxy) is 1. The lowest BCUT2D eigenvalue weighted by molar-refractivity contribution is -0.153. The lowest BCUT2D eigenvalue weighted by Gasteiger charge is -2.62. The second-order valence-corrected chi connectivity index (χ2v) is 7.92. The molecule has 2 saturated carbocycles. The summed E-state index contributed by atoms with van der Waals surface area (Å²) in [5, 5.41) is 0. The first kappa shape index (κ1) is 14.3. The molecule has 0 radical (unpaired) electrons. The summed E-state index contributed by atoms with van der Waals surface area (Å²) in [6.45, 7) is 4.17. The molecule has 2 nitrogen and oxygen atoms in total. The minimum absolute atomic E-state index is 0.289. The predicted molar refractivity (Wildman–Crippen MR) is 87.2 cm³/mol. The van der Waals surface area contributed by atoms with E-state index in [4.69, 9.17) is 4.74 Å². The lowest BCUT2D eigenvalue weighted by atomic mass is 9.41. The number of benzene rings is 1. The van der Waals surface area contributed by atoms with Crippen LogP contribution in [0.25, 0.3) is 0 Å². The van der Waals surface area contributed by atoms with Gasteiger partial charge >= 0.3 is 0 Å². The van der Waals surface area contributed by atoms with Crippen LogP contribution >= 0.6 is 0 Å². The molecule has 3 aliphatic carbocycles. The molecule has 0 aromatic heterocycles. The molecule has 0 amide bonds. The van der Waals surface area contributed by atoms with E-state index >= 15 is 0 Å². The number of carbonyl (C=O) groups is 1. The van der Waals surface area contributed by atoms with Crippen molar-refractivity contribution in [2.75, 3.05) is 7.11 Å². The number of fused-ring (bicyclic) bond motifs is 5. The van der Waals surface area contributed by atoms with E-state index in [-0.39, 0.29) is 5.41 Å². The second kappa shape index (κ2) is 4.84. The molecule has 4 rings (SSSR count). The highest BCUT2D eigenvalue weighted by Gasteiger charge is 2.59. The highest BCUT2D eigenvalue weighted by atomic mass is 16.5. The summed E-state index contributed by atoms with van der Waals surface area (Å²) < 4.78 is 5.38. The molecule has 118 valence electrons. The highest BCUT2D eigenvalue weighted by molar-refractivity contribution is 5.80. The Labute approximate surface area is 133 Å². The van der Waals surface area contributed by atoms with Crippen molar-refractivity contribution in [3.05, 3.63) is 29.3 Å². The molecule has 0 aliphatic heterocycles. The molecule has 1 aromatic carbocycles. The van der Waals surface area contributed by atoms with Crippen LogP contribution in [-0.2, 0) is 11.2 Å². The van der Waals surface area contributed by atoms with Crippen LogP contribution in [0.15, 0.2) is 18.2 Å². The van der Waals surface area contributed by atoms with Crippen molar-refractivity contribution in [2.24, 2.45) is 23.2 Å². The summed E-state index contributed by atoms with van der Waals surface area (Å²) in [4.78, 5) is 11.9. The molecule has 4 unspecified atom stereocenters. The van der Waals surface area contributed by atoms with E-state index in [1.165, 1.54) is 31.2 Å². The Hall–Kier alpha value is -1.31. The Kier molecular flexibility index (Phi) is 3.15. The van der Waals surface area contributed by atoms with Gasteiger partial charge in [0.05, 0.1) is 7.11 Å². The summed E-state index contributed by atoms with van der Waals surface area (Å²) >= 11 is 0. The minimum Gasteiger partial charge on any atom is -0.497 e. The average molecular weight is 298 g/mol. The van der Waals surface area contributed by atoms with Crippen LogP contribution in [0.4, 0.5) is 0 Å². The van der Waals surface area contributed by atoms with Gasteiger partial charge in [-0.05, 0) is 85.5 Å². The van der Waals surface area contributed by atoms with Crippen molar-refractivity contribution < 1.29 is 9.53 Å². The maximum Gasteiger partial charge on any atom is 0.133 e. The Bertz CT molecular complexity index is 620. The molecule has 22 heavy (non-hydrogen) atoms. The van der Waals surface area contributed by atoms with E-state index in [0.29, 0.717) is 17.6 Å². The first-order valence-corrected chi connectivity index (χ1v) is 8.72. The Morgan fingerprint density at radius 1 is 1.32 bits per heavy atom. The minimum atomic E-state index is 0.289. The molecule has 0 bridgehead atoms. The summed E-state index contributed by atoms with van der Waals surface area (Å²) in [5.41, 5.74) is 3.34. The van der Waals surface area contributed by atoms with Gasteiger partial charge in [0.1, 0.15) is 11.5 Å². The molecular formula is C20H26O2. The van der Waals surface area contributed by atoms with E-state index in [1.54, 1.807) is 19.6 Å². The zero-order chi connectivity index (χ0) is 15.5. The summed E-state index contributed by atoms with van der Waals surface area (Å²) in [7, 11) is 1.75. The van der Waals surface area contributed by atoms with Gasteiger partial charge in [-0.15, -0.1) is 0 Å². The molecule has 2 fully saturated rings. The van der Waals surface area contributed by atoms with Gasteiger partial charge in [0.15, 0.2) is 0 Å². The molecule has 1 aromatic rings. The third-order valence-corrected chi connectivity index (χ3v) is 7.15. The lowest BCUT2D eigenvalue weighted by Crippen LogP contribution is -2.57. The molecular weight excluding hydrogens is 272 g/mol. The van der Waals surface area contributed by atoms with Crippen molar-refractivity contribution >= 4 is 5.78 Å². The van der Waals surface area contributed by atoms with E-state index in [1.807, 2.05) is 0 Å². The van der Waals surface area contributed by atoms with Gasteiger partial charge in [0.2, 0.25) is 0 Å². The molecule has 3 aliphatic rings. The van der Waals surface area contributed by atoms with E-state index in [0.717, 1.165) is 24.0 Å². The number of hydrogen-bond donors (Lipinski definition) is 0. The molecule has 0 saturated heterocycles. The monoisotopic (exact) mass is 298 g/mol. The summed E-state index contributed by atoms with van der Waals surface area (Å²) in [6.07, 6.45) is 6.06. The standard InChI is InChI=1S/C20H26O2/c1-12(21)18-11-19-17-6-4-13-10-14(22-3)5-7-15(13)16(17)8-9-20(18,19)2/h5,7,10,16-19H,4,6,8-9,11H2,1-3H3/t16?,17?,18?,19?,20-/m1/s1. The van der Waals surface area contributed by atoms with Crippen molar-refractivity contribution in [2.45, 2.75) is 51.9 Å². The number of hydrogen-bond acceptors (Lipinski definition) is 2. The van der Waals surface area contributed by atoms with Gasteiger partial charge in [0, 0.05) is 5.92 Å². The van der Waals surface area contributed by atoms with Crippen molar-refractivity contribution in [1.29, 1.82) is 0 Å². The van der Waals surface area contributed by atoms with Gasteiger partial charge in [-0.2, -0.15) is 0 Å². The fourth-order valence-corrected chi connectivity index (χ4v) is 5.90. The molecule has 0 spiro atoms. The van der Waals surface area contributed by atoms with Crippen LogP contribution in [-0.4, -0.2) is 12.9 Å². The van der Waals surface area contributed by atoms with Crippen LogP contribution in [0, 0.1) is 23.2 Å². The van der Waals surface area contributed by atoms with Gasteiger partial charge in [0.25, 0.3) is 0 Å². The molecule has 0 N–H and O–H groups in total. The van der Waals surface area contributed by atoms with Crippen molar-refractivity contribution in [3.63, 3.8) is 0 Å². The van der Waals surface area contributed by atoms with Crippen LogP contribution < -0.4 is 4.74 Å². The topological polar surface area (TPSA) is 26.3 Å². The second-order valence-electron chi connectivity index (χ2n) is 7.92. The summed E-state index contributed by atoms with van der Waals surface area (Å²) in [5.74, 6) is 3.98. The number of ketones is 1. The van der Waals surface area contributed by atoms with Crippen LogP contribution in [0.5, 0.6) is 5.75 Å². The van der Waals surface area contributed by atoms with Gasteiger partial charge in [-0.3, -0.25) is 4.79 Å². The number of Topliss-reactive ketones (excluding diaryl/α,β-unsaturated/α-hetero) is 1. The van der Waals surface area contributed by atoms with E-state index in [9.17, 15) is 4.79 Å². The highest BCUT2D eigenvalue weighted by Crippen LogP contribution is 2.66. The Morgan fingerprint density at radius 3 is 2.86 bits per heavy atom. The van der Waals surface area contributed by atoms with Crippen molar-refractivity contribution in [3.8, 4) is 5.75 Å². The predicted octanol–water partition coefficient (Wildman–Crippen LogP) is 4.37. The zero-order valence-electron chi connectivity index (χ0n) is 13.9. The third-order valence-electron chi connectivity index (χ3n) is 7.15. The van der Waals surface area contributed by atoms with Crippen LogP contribution in [0.2, 0.25) is 0 Å². The Balaban J connectivity index is 1.63. The maximum atomic E-state index is 11.9. The average Bonchev–Trinajstić information content (AvgIpc) is 2.50. The number of methoxy groups -OCH3 is 1. The van der Waals surface area contributed by atoms with Crippen LogP contribution in [0.3, 0.4) is 0 Å². The van der Waals surface area contributed by atoms with Crippen LogP contribution in [0.1, 0.15) is 56.6 Å². The largest absolute Gasteiger partial charge is 0.497 e. The smallest absolute Gasteiger partial charge is 0.133 e. The maximum absolute atomic E-state index is 11.9. The van der Waals surface area contributed by atoms with E-state index in [2.05, 4.69) is 25.1 Å². The van der Waals surface area contributed by atoms with Gasteiger partial charge < -0.3 is 4.74 Å². The molecule has 2 heteroatoms. The van der Waals surface area contributed by atoms with Crippen molar-refractivity contribution in [1.82, 2.24) is 0 Å². The third kappa shape index (κ3) is 1.82. The quantitative estimate of drug-likeness (QED) is 0.810. The fraction of sp³-hybridized carbons (Fsp3) is 0.650. The number of rotatable bonds is 2. The Morgan fingerprint density at radius 2 is 2.14 bits per heavy atom. The first-order valence-electron chi connectivity index (χ1n) is 8.72. The first-order chi connectivity index (χ1) is 10.5.